The summed E-state index contributed by atoms with van der Waals surface area (Å²) < 4.78 is 11.4. The van der Waals surface area contributed by atoms with Crippen molar-refractivity contribution in [2.45, 2.75) is 104 Å². The van der Waals surface area contributed by atoms with E-state index < -0.39 is 5.60 Å². The number of unbranched alkanes of at least 4 members (excludes halogenated alkanes) is 1. The van der Waals surface area contributed by atoms with Crippen molar-refractivity contribution in [3.63, 3.8) is 0 Å². The van der Waals surface area contributed by atoms with Crippen molar-refractivity contribution in [1.82, 2.24) is 4.90 Å². The van der Waals surface area contributed by atoms with Crippen LogP contribution in [0.25, 0.3) is 0 Å². The molecule has 0 aromatic heterocycles. The van der Waals surface area contributed by atoms with Gasteiger partial charge in [-0.2, -0.15) is 0 Å². The predicted octanol–water partition coefficient (Wildman–Crippen LogP) is 5.50. The quantitative estimate of drug-likeness (QED) is 0.459. The number of nitrogens with zero attached hydrogens (tertiary/aromatic N) is 2. The fourth-order valence-corrected chi connectivity index (χ4v) is 5.16. The summed E-state index contributed by atoms with van der Waals surface area (Å²) in [6.07, 6.45) is 8.03. The fourth-order valence-electron chi connectivity index (χ4n) is 5.16. The number of carbonyl (C=O) groups excluding carboxylic acids is 2. The van der Waals surface area contributed by atoms with Gasteiger partial charge in [0.05, 0.1) is 5.69 Å². The Morgan fingerprint density at radius 1 is 1.24 bits per heavy atom. The molecule has 3 rings (SSSR count). The van der Waals surface area contributed by atoms with Crippen molar-refractivity contribution < 1.29 is 19.1 Å². The lowest BCUT2D eigenvalue weighted by atomic mass is 9.92. The second kappa shape index (κ2) is 10.9. The molecule has 1 fully saturated rings. The first-order chi connectivity index (χ1) is 15.7. The van der Waals surface area contributed by atoms with Gasteiger partial charge in [-0.3, -0.25) is 9.59 Å². The van der Waals surface area contributed by atoms with Crippen LogP contribution in [0.2, 0.25) is 0 Å². The van der Waals surface area contributed by atoms with E-state index in [9.17, 15) is 9.59 Å². The molecule has 0 radical (unpaired) electrons. The Morgan fingerprint density at radius 2 is 1.94 bits per heavy atom. The SMILES string of the molecule is CC[C@@]1(C)Oc2cc(C)c(C(=O)N(C(C)C)C3CCCCC3)cc2N(CCCCOC)C1=O. The Kier molecular flexibility index (Phi) is 8.43. The second-order valence-electron chi connectivity index (χ2n) is 10.1. The first kappa shape index (κ1) is 25.5. The largest absolute Gasteiger partial charge is 0.476 e. The average molecular weight is 459 g/mol. The minimum atomic E-state index is -0.891. The Balaban J connectivity index is 1.98. The number of benzene rings is 1. The van der Waals surface area contributed by atoms with E-state index in [1.54, 1.807) is 7.11 Å². The number of aryl methyl sites for hydroxylation is 1. The van der Waals surface area contributed by atoms with E-state index in [0.717, 1.165) is 31.2 Å². The van der Waals surface area contributed by atoms with E-state index in [1.165, 1.54) is 19.3 Å². The molecule has 0 saturated heterocycles. The molecule has 1 aliphatic carbocycles. The second-order valence-corrected chi connectivity index (χ2v) is 10.1. The van der Waals surface area contributed by atoms with E-state index in [1.807, 2.05) is 37.8 Å². The van der Waals surface area contributed by atoms with Gasteiger partial charge in [-0.1, -0.05) is 26.2 Å². The van der Waals surface area contributed by atoms with Gasteiger partial charge in [0, 0.05) is 37.9 Å². The highest BCUT2D eigenvalue weighted by Gasteiger charge is 2.44. The van der Waals surface area contributed by atoms with E-state index in [0.29, 0.717) is 36.6 Å². The topological polar surface area (TPSA) is 59.1 Å². The molecule has 2 aliphatic rings. The maximum absolute atomic E-state index is 13.8. The zero-order valence-electron chi connectivity index (χ0n) is 21.4. The number of anilines is 1. The lowest BCUT2D eigenvalue weighted by Gasteiger charge is -2.41. The Bertz CT molecular complexity index is 847. The normalized spacial score (nSPS) is 21.2. The summed E-state index contributed by atoms with van der Waals surface area (Å²) in [6.45, 7) is 11.3. The lowest BCUT2D eigenvalue weighted by molar-refractivity contribution is -0.134. The lowest BCUT2D eigenvalue weighted by Crippen LogP contribution is -2.54. The van der Waals surface area contributed by atoms with Gasteiger partial charge in [-0.25, -0.2) is 0 Å². The minimum Gasteiger partial charge on any atom is -0.476 e. The third kappa shape index (κ3) is 5.37. The van der Waals surface area contributed by atoms with Crippen LogP contribution in [0.15, 0.2) is 12.1 Å². The van der Waals surface area contributed by atoms with E-state index in [2.05, 4.69) is 18.7 Å². The van der Waals surface area contributed by atoms with Gasteiger partial charge in [0.2, 0.25) is 0 Å². The summed E-state index contributed by atoms with van der Waals surface area (Å²) >= 11 is 0. The molecular weight excluding hydrogens is 416 g/mol. The molecule has 1 aromatic rings. The predicted molar refractivity (Wildman–Crippen MR) is 132 cm³/mol. The first-order valence-corrected chi connectivity index (χ1v) is 12.7. The van der Waals surface area contributed by atoms with Gasteiger partial charge in [0.15, 0.2) is 5.60 Å². The van der Waals surface area contributed by atoms with Crippen LogP contribution in [-0.2, 0) is 9.53 Å². The summed E-state index contributed by atoms with van der Waals surface area (Å²) in [6, 6.07) is 4.26. The average Bonchev–Trinajstić information content (AvgIpc) is 2.79. The highest BCUT2D eigenvalue weighted by molar-refractivity contribution is 6.05. The highest BCUT2D eigenvalue weighted by Crippen LogP contribution is 2.41. The Morgan fingerprint density at radius 3 is 2.55 bits per heavy atom. The molecule has 184 valence electrons. The van der Waals surface area contributed by atoms with Gasteiger partial charge >= 0.3 is 0 Å². The number of carbonyl (C=O) groups is 2. The van der Waals surface area contributed by atoms with E-state index in [4.69, 9.17) is 9.47 Å². The zero-order chi connectivity index (χ0) is 24.2. The number of hydrogen-bond acceptors (Lipinski definition) is 4. The molecule has 6 nitrogen and oxygen atoms in total. The molecule has 1 aliphatic heterocycles. The van der Waals surface area contributed by atoms with E-state index in [-0.39, 0.29) is 23.9 Å². The van der Waals surface area contributed by atoms with Gasteiger partial charge in [0.1, 0.15) is 5.75 Å². The molecular formula is C27H42N2O4. The summed E-state index contributed by atoms with van der Waals surface area (Å²) in [4.78, 5) is 31.2. The van der Waals surface area contributed by atoms with Crippen LogP contribution in [0.5, 0.6) is 5.75 Å². The van der Waals surface area contributed by atoms with Crippen LogP contribution in [0.4, 0.5) is 5.69 Å². The van der Waals surface area contributed by atoms with Crippen LogP contribution in [0.3, 0.4) is 0 Å². The van der Waals surface area contributed by atoms with Crippen LogP contribution in [-0.4, -0.2) is 54.7 Å². The first-order valence-electron chi connectivity index (χ1n) is 12.7. The molecule has 1 atom stereocenters. The number of fused-ring (bicyclic) bond motifs is 1. The fraction of sp³-hybridized carbons (Fsp3) is 0.704. The van der Waals surface area contributed by atoms with Crippen LogP contribution >= 0.6 is 0 Å². The monoisotopic (exact) mass is 458 g/mol. The maximum Gasteiger partial charge on any atom is 0.270 e. The summed E-state index contributed by atoms with van der Waals surface area (Å²) in [5.74, 6) is 0.714. The molecule has 6 heteroatoms. The van der Waals surface area contributed by atoms with Crippen molar-refractivity contribution in [3.05, 3.63) is 23.3 Å². The number of amides is 2. The molecule has 0 N–H and O–H groups in total. The summed E-state index contributed by atoms with van der Waals surface area (Å²) in [7, 11) is 1.69. The smallest absolute Gasteiger partial charge is 0.270 e. The van der Waals surface area contributed by atoms with Gasteiger partial charge < -0.3 is 19.3 Å². The van der Waals surface area contributed by atoms with Crippen LogP contribution in [0, 0.1) is 6.92 Å². The number of hydrogen-bond donors (Lipinski definition) is 0. The number of methoxy groups -OCH3 is 1. The molecule has 33 heavy (non-hydrogen) atoms. The van der Waals surface area contributed by atoms with Crippen LogP contribution in [0.1, 0.15) is 95.0 Å². The Labute approximate surface area is 199 Å². The van der Waals surface area contributed by atoms with E-state index >= 15 is 0 Å². The zero-order valence-corrected chi connectivity index (χ0v) is 21.4. The Hall–Kier alpha value is -2.08. The number of rotatable bonds is 9. The molecule has 1 aromatic carbocycles. The molecule has 1 heterocycles. The molecule has 2 amide bonds. The van der Waals surface area contributed by atoms with Crippen molar-refractivity contribution >= 4 is 17.5 Å². The van der Waals surface area contributed by atoms with Gasteiger partial charge in [-0.05, 0) is 77.5 Å². The minimum absolute atomic E-state index is 0.0369. The molecule has 0 bridgehead atoms. The number of ether oxygens (including phenoxy) is 2. The van der Waals surface area contributed by atoms with Crippen molar-refractivity contribution in [2.24, 2.45) is 0 Å². The van der Waals surface area contributed by atoms with Crippen molar-refractivity contribution in [3.8, 4) is 5.75 Å². The third-order valence-corrected chi connectivity index (χ3v) is 7.27. The molecule has 1 saturated carbocycles. The van der Waals surface area contributed by atoms with Crippen molar-refractivity contribution in [2.75, 3.05) is 25.2 Å². The highest BCUT2D eigenvalue weighted by atomic mass is 16.5. The van der Waals surface area contributed by atoms with Crippen molar-refractivity contribution in [1.29, 1.82) is 0 Å². The van der Waals surface area contributed by atoms with Gasteiger partial charge in [-0.15, -0.1) is 0 Å². The third-order valence-electron chi connectivity index (χ3n) is 7.27. The molecule has 0 unspecified atom stereocenters. The summed E-state index contributed by atoms with van der Waals surface area (Å²) in [5.41, 5.74) is 1.39. The maximum atomic E-state index is 13.8. The summed E-state index contributed by atoms with van der Waals surface area (Å²) in [5, 5.41) is 0. The standard InChI is InChI=1S/C27H42N2O4/c1-7-27(5)26(31)28(15-11-12-16-32-6)23-18-22(20(4)17-24(23)33-27)25(30)29(19(2)3)21-13-9-8-10-14-21/h17-19,21H,7-16H2,1-6H3/t27-/m1/s1. The molecule has 0 spiro atoms. The van der Waals surface area contributed by atoms with Gasteiger partial charge in [0.25, 0.3) is 11.8 Å². The van der Waals surface area contributed by atoms with Crippen LogP contribution < -0.4 is 9.64 Å².